The van der Waals surface area contributed by atoms with Gasteiger partial charge in [-0.05, 0) is 51.7 Å². The first-order chi connectivity index (χ1) is 20.6. The van der Waals surface area contributed by atoms with Crippen LogP contribution in [0.5, 0.6) is 0 Å². The molecule has 0 aliphatic carbocycles. The summed E-state index contributed by atoms with van der Waals surface area (Å²) in [7, 11) is 0. The van der Waals surface area contributed by atoms with Crippen molar-refractivity contribution < 1.29 is 9.53 Å². The van der Waals surface area contributed by atoms with Gasteiger partial charge in [-0.25, -0.2) is 15.0 Å². The molecule has 1 fully saturated rings. The number of likely N-dealkylation sites (tertiary alicyclic amines) is 1. The summed E-state index contributed by atoms with van der Waals surface area (Å²) in [6.07, 6.45) is 6.69. The van der Waals surface area contributed by atoms with Crippen LogP contribution in [0.15, 0.2) is 95.9 Å². The van der Waals surface area contributed by atoms with Crippen LogP contribution in [-0.4, -0.2) is 59.9 Å². The molecule has 3 aromatic heterocycles. The summed E-state index contributed by atoms with van der Waals surface area (Å²) in [6, 6.07) is 24.2. The fourth-order valence-electron chi connectivity index (χ4n) is 5.46. The minimum Gasteiger partial charge on any atom is -0.370 e. The second-order valence-corrected chi connectivity index (χ2v) is 11.2. The molecule has 1 amide bonds. The van der Waals surface area contributed by atoms with Crippen LogP contribution in [0.4, 0.5) is 0 Å². The van der Waals surface area contributed by atoms with Crippen LogP contribution in [0.1, 0.15) is 28.9 Å². The van der Waals surface area contributed by atoms with Crippen molar-refractivity contribution in [2.75, 3.05) is 13.1 Å². The number of piperidine rings is 1. The lowest BCUT2D eigenvalue weighted by molar-refractivity contribution is -0.00782. The van der Waals surface area contributed by atoms with Crippen LogP contribution in [0.3, 0.4) is 0 Å². The van der Waals surface area contributed by atoms with Gasteiger partial charge in [0.1, 0.15) is 5.69 Å². The first-order valence-corrected chi connectivity index (χ1v) is 14.6. The molecule has 0 radical (unpaired) electrons. The Kier molecular flexibility index (Phi) is 7.15. The van der Waals surface area contributed by atoms with Crippen LogP contribution in [0.25, 0.3) is 38.9 Å². The standard InChI is InChI=1S/C32H26BrN7O2/c33-22-16-34-32(35-17-22)40-18-23(37-38-40)20-42-24-9-6-14-39(19-24)31(41)28-15-30(36-29-13-4-3-11-27(28)29)26-12-5-8-21-7-1-2-10-25(21)26/h1-5,7-8,10-13,15-18,24H,6,9,14,19-20H2. The van der Waals surface area contributed by atoms with Crippen LogP contribution in [0, 0.1) is 0 Å². The molecule has 1 saturated heterocycles. The Bertz CT molecular complexity index is 1900. The van der Waals surface area contributed by atoms with Gasteiger partial charge >= 0.3 is 0 Å². The van der Waals surface area contributed by atoms with Gasteiger partial charge in [-0.1, -0.05) is 65.9 Å². The van der Waals surface area contributed by atoms with Crippen molar-refractivity contribution in [1.82, 2.24) is 34.8 Å². The molecule has 0 N–H and O–H groups in total. The Balaban J connectivity index is 1.11. The van der Waals surface area contributed by atoms with Gasteiger partial charge in [0.15, 0.2) is 0 Å². The number of halogens is 1. The third kappa shape index (κ3) is 5.26. The zero-order valence-electron chi connectivity index (χ0n) is 22.6. The molecule has 1 unspecified atom stereocenters. The lowest BCUT2D eigenvalue weighted by Gasteiger charge is -2.33. The van der Waals surface area contributed by atoms with Gasteiger partial charge in [-0.15, -0.1) is 5.10 Å². The highest BCUT2D eigenvalue weighted by molar-refractivity contribution is 9.10. The van der Waals surface area contributed by atoms with E-state index in [2.05, 4.69) is 60.5 Å². The van der Waals surface area contributed by atoms with Crippen LogP contribution in [0.2, 0.25) is 0 Å². The van der Waals surface area contributed by atoms with Crippen molar-refractivity contribution >= 4 is 43.5 Å². The Morgan fingerprint density at radius 3 is 2.64 bits per heavy atom. The van der Waals surface area contributed by atoms with Gasteiger partial charge in [-0.3, -0.25) is 4.79 Å². The molecule has 6 aromatic rings. The minimum atomic E-state index is -0.109. The van der Waals surface area contributed by atoms with E-state index >= 15 is 0 Å². The molecule has 4 heterocycles. The number of amides is 1. The van der Waals surface area contributed by atoms with Crippen molar-refractivity contribution in [3.05, 3.63) is 107 Å². The van der Waals surface area contributed by atoms with E-state index in [1.54, 1.807) is 18.6 Å². The summed E-state index contributed by atoms with van der Waals surface area (Å²) in [4.78, 5) is 29.4. The lowest BCUT2D eigenvalue weighted by Crippen LogP contribution is -2.43. The van der Waals surface area contributed by atoms with Gasteiger partial charge in [0.25, 0.3) is 11.9 Å². The molecule has 3 aromatic carbocycles. The molecular weight excluding hydrogens is 594 g/mol. The molecule has 10 heteroatoms. The number of ether oxygens (including phenoxy) is 1. The van der Waals surface area contributed by atoms with Crippen molar-refractivity contribution in [1.29, 1.82) is 0 Å². The van der Waals surface area contributed by atoms with Crippen LogP contribution < -0.4 is 0 Å². The predicted molar refractivity (Wildman–Crippen MR) is 163 cm³/mol. The summed E-state index contributed by atoms with van der Waals surface area (Å²) in [6.45, 7) is 1.46. The summed E-state index contributed by atoms with van der Waals surface area (Å²) in [5.41, 5.74) is 3.92. The van der Waals surface area contributed by atoms with E-state index in [0.29, 0.717) is 30.3 Å². The molecule has 1 aliphatic rings. The number of hydrogen-bond acceptors (Lipinski definition) is 7. The molecule has 0 bridgehead atoms. The number of hydrogen-bond donors (Lipinski definition) is 0. The molecule has 42 heavy (non-hydrogen) atoms. The maximum Gasteiger partial charge on any atom is 0.254 e. The van der Waals surface area contributed by atoms with E-state index in [9.17, 15) is 4.79 Å². The highest BCUT2D eigenvalue weighted by atomic mass is 79.9. The monoisotopic (exact) mass is 619 g/mol. The number of carbonyl (C=O) groups excluding carboxylic acids is 1. The van der Waals surface area contributed by atoms with E-state index in [1.807, 2.05) is 53.4 Å². The average Bonchev–Trinajstić information content (AvgIpc) is 3.52. The largest absolute Gasteiger partial charge is 0.370 e. The van der Waals surface area contributed by atoms with Gasteiger partial charge in [0, 0.05) is 36.4 Å². The number of pyridine rings is 1. The number of aromatic nitrogens is 6. The molecule has 208 valence electrons. The Hall–Kier alpha value is -4.54. The normalized spacial score (nSPS) is 15.4. The highest BCUT2D eigenvalue weighted by Crippen LogP contribution is 2.31. The Morgan fingerprint density at radius 1 is 0.976 bits per heavy atom. The maximum absolute atomic E-state index is 14.1. The predicted octanol–water partition coefficient (Wildman–Crippen LogP) is 6.01. The molecule has 7 rings (SSSR count). The van der Waals surface area contributed by atoms with Crippen molar-refractivity contribution in [3.63, 3.8) is 0 Å². The van der Waals surface area contributed by atoms with Crippen LogP contribution in [-0.2, 0) is 11.3 Å². The summed E-state index contributed by atoms with van der Waals surface area (Å²) < 4.78 is 8.52. The number of para-hydroxylation sites is 1. The summed E-state index contributed by atoms with van der Waals surface area (Å²) in [5.74, 6) is 0.417. The molecule has 0 spiro atoms. The Morgan fingerprint density at radius 2 is 1.76 bits per heavy atom. The molecular formula is C32H26BrN7O2. The van der Waals surface area contributed by atoms with Crippen molar-refractivity contribution in [3.8, 4) is 17.2 Å². The van der Waals surface area contributed by atoms with E-state index < -0.39 is 0 Å². The van der Waals surface area contributed by atoms with E-state index in [-0.39, 0.29) is 18.6 Å². The SMILES string of the molecule is O=C(c1cc(-c2cccc3ccccc23)nc2ccccc12)N1CCCC(OCc2cn(-c3ncc(Br)cn3)nn2)C1. The fourth-order valence-corrected chi connectivity index (χ4v) is 5.66. The second-order valence-electron chi connectivity index (χ2n) is 10.3. The maximum atomic E-state index is 14.1. The van der Waals surface area contributed by atoms with Gasteiger partial charge in [0.2, 0.25) is 0 Å². The molecule has 0 saturated carbocycles. The highest BCUT2D eigenvalue weighted by Gasteiger charge is 2.27. The first kappa shape index (κ1) is 26.4. The van der Waals surface area contributed by atoms with E-state index in [1.165, 1.54) is 4.68 Å². The van der Waals surface area contributed by atoms with Crippen LogP contribution >= 0.6 is 15.9 Å². The Labute approximate surface area is 250 Å². The smallest absolute Gasteiger partial charge is 0.254 e. The molecule has 1 aliphatic heterocycles. The van der Waals surface area contributed by atoms with Gasteiger partial charge < -0.3 is 9.64 Å². The zero-order valence-corrected chi connectivity index (χ0v) is 24.2. The van der Waals surface area contributed by atoms with E-state index in [0.717, 1.165) is 50.2 Å². The average molecular weight is 621 g/mol. The quantitative estimate of drug-likeness (QED) is 0.225. The third-order valence-electron chi connectivity index (χ3n) is 7.50. The number of carbonyl (C=O) groups is 1. The van der Waals surface area contributed by atoms with Crippen molar-refractivity contribution in [2.45, 2.75) is 25.6 Å². The van der Waals surface area contributed by atoms with Gasteiger partial charge in [0.05, 0.1) is 40.2 Å². The summed E-state index contributed by atoms with van der Waals surface area (Å²) >= 11 is 3.34. The lowest BCUT2D eigenvalue weighted by atomic mass is 9.98. The minimum absolute atomic E-state index is 0.0123. The van der Waals surface area contributed by atoms with E-state index in [4.69, 9.17) is 9.72 Å². The fraction of sp³-hybridized carbons (Fsp3) is 0.188. The topological polar surface area (TPSA) is 98.9 Å². The molecule has 9 nitrogen and oxygen atoms in total. The second kappa shape index (κ2) is 11.4. The number of fused-ring (bicyclic) bond motifs is 2. The number of nitrogens with zero attached hydrogens (tertiary/aromatic N) is 7. The first-order valence-electron chi connectivity index (χ1n) is 13.8. The number of rotatable bonds is 6. The third-order valence-corrected chi connectivity index (χ3v) is 7.91. The number of benzene rings is 3. The molecule has 1 atom stereocenters. The zero-order chi connectivity index (χ0) is 28.5. The van der Waals surface area contributed by atoms with Crippen molar-refractivity contribution in [2.24, 2.45) is 0 Å². The summed E-state index contributed by atoms with van der Waals surface area (Å²) in [5, 5.41) is 11.4. The van der Waals surface area contributed by atoms with Gasteiger partial charge in [-0.2, -0.15) is 4.68 Å².